The van der Waals surface area contributed by atoms with Crippen molar-refractivity contribution in [2.24, 2.45) is 0 Å². The Balaban J connectivity index is 1.52. The van der Waals surface area contributed by atoms with Gasteiger partial charge < -0.3 is 15.1 Å². The molecule has 0 unspecified atom stereocenters. The lowest BCUT2D eigenvalue weighted by Gasteiger charge is -2.25. The molecule has 0 saturated carbocycles. The first-order chi connectivity index (χ1) is 15.8. The molecule has 5 nitrogen and oxygen atoms in total. The zero-order chi connectivity index (χ0) is 23.8. The molecule has 7 heteroatoms. The van der Waals surface area contributed by atoms with Crippen LogP contribution in [0.5, 0.6) is 0 Å². The maximum absolute atomic E-state index is 12.3. The summed E-state index contributed by atoms with van der Waals surface area (Å²) in [5.74, 6) is 1.02. The number of carbonyl (C=O) groups is 2. The molecule has 1 saturated heterocycles. The molecule has 2 aromatic rings. The van der Waals surface area contributed by atoms with Crippen LogP contribution in [-0.2, 0) is 9.59 Å². The Labute approximate surface area is 205 Å². The van der Waals surface area contributed by atoms with Crippen molar-refractivity contribution in [3.63, 3.8) is 0 Å². The summed E-state index contributed by atoms with van der Waals surface area (Å²) in [4.78, 5) is 24.9. The van der Waals surface area contributed by atoms with Gasteiger partial charge in [-0.15, -0.1) is 0 Å². The van der Waals surface area contributed by atoms with E-state index in [1.54, 1.807) is 11.8 Å². The fourth-order valence-electron chi connectivity index (χ4n) is 4.37. The summed E-state index contributed by atoms with van der Waals surface area (Å²) in [6.45, 7) is 2.71. The number of aliphatic hydroxyl groups excluding tert-OH is 1. The first kappa shape index (κ1) is 25.6. The van der Waals surface area contributed by atoms with Crippen LogP contribution in [0.3, 0.4) is 0 Å². The van der Waals surface area contributed by atoms with E-state index in [4.69, 9.17) is 16.7 Å². The number of benzene rings is 2. The van der Waals surface area contributed by atoms with Gasteiger partial charge in [0.25, 0.3) is 0 Å². The lowest BCUT2D eigenvalue weighted by atomic mass is 9.95. The predicted molar refractivity (Wildman–Crippen MR) is 135 cm³/mol. The Bertz CT molecular complexity index is 967. The number of nitrogens with zero attached hydrogens (tertiary/aromatic N) is 1. The number of hydrogen-bond donors (Lipinski definition) is 2. The van der Waals surface area contributed by atoms with E-state index < -0.39 is 12.1 Å². The smallest absolute Gasteiger partial charge is 0.303 e. The number of carboxylic acids is 1. The highest BCUT2D eigenvalue weighted by molar-refractivity contribution is 7.99. The average molecular weight is 490 g/mol. The van der Waals surface area contributed by atoms with Gasteiger partial charge in [0.1, 0.15) is 0 Å². The fourth-order valence-corrected chi connectivity index (χ4v) is 5.48. The summed E-state index contributed by atoms with van der Waals surface area (Å²) >= 11 is 7.78. The summed E-state index contributed by atoms with van der Waals surface area (Å²) in [6.07, 6.45) is 3.02. The zero-order valence-corrected chi connectivity index (χ0v) is 20.6. The Morgan fingerprint density at radius 2 is 2.06 bits per heavy atom. The second-order valence-corrected chi connectivity index (χ2v) is 10.2. The van der Waals surface area contributed by atoms with Crippen molar-refractivity contribution < 1.29 is 19.8 Å². The standard InChI is InChI=1S/C26H32ClNO4S/c1-18-16-21(27)7-10-23(18)19-4-2-5-20(17-19)24(29)11-8-22-9-12-25(30)28(22)13-15-33-14-3-6-26(31)32/h2,4-5,7,10,16-17,22,24,29H,3,6,8-9,11-15H2,1H3,(H,31,32)/t22-,24-/m0/s1. The Kier molecular flexibility index (Phi) is 9.65. The quantitative estimate of drug-likeness (QED) is 0.373. The lowest BCUT2D eigenvalue weighted by molar-refractivity contribution is -0.137. The zero-order valence-electron chi connectivity index (χ0n) is 19.0. The van der Waals surface area contributed by atoms with E-state index in [2.05, 4.69) is 0 Å². The van der Waals surface area contributed by atoms with Crippen molar-refractivity contribution in [1.82, 2.24) is 4.90 Å². The molecule has 1 fully saturated rings. The van der Waals surface area contributed by atoms with Crippen LogP contribution in [0.2, 0.25) is 5.02 Å². The number of hydrogen-bond acceptors (Lipinski definition) is 4. The highest BCUT2D eigenvalue weighted by atomic mass is 35.5. The molecule has 1 heterocycles. The van der Waals surface area contributed by atoms with E-state index in [1.807, 2.05) is 54.3 Å². The van der Waals surface area contributed by atoms with Crippen LogP contribution < -0.4 is 0 Å². The van der Waals surface area contributed by atoms with Crippen molar-refractivity contribution in [3.8, 4) is 11.1 Å². The van der Waals surface area contributed by atoms with Gasteiger partial charge >= 0.3 is 5.97 Å². The number of carboxylic acid groups (broad SMARTS) is 1. The number of aliphatic hydroxyl groups is 1. The van der Waals surface area contributed by atoms with Crippen LogP contribution in [-0.4, -0.2) is 51.1 Å². The first-order valence-corrected chi connectivity index (χ1v) is 13.0. The highest BCUT2D eigenvalue weighted by Crippen LogP contribution is 2.31. The van der Waals surface area contributed by atoms with Crippen LogP contribution in [0.15, 0.2) is 42.5 Å². The number of halogens is 1. The summed E-state index contributed by atoms with van der Waals surface area (Å²) < 4.78 is 0. The van der Waals surface area contributed by atoms with Gasteiger partial charge in [0.05, 0.1) is 6.10 Å². The summed E-state index contributed by atoms with van der Waals surface area (Å²) in [5, 5.41) is 20.3. The third kappa shape index (κ3) is 7.49. The van der Waals surface area contributed by atoms with E-state index >= 15 is 0 Å². The van der Waals surface area contributed by atoms with Gasteiger partial charge in [-0.1, -0.05) is 35.9 Å². The van der Waals surface area contributed by atoms with Gasteiger partial charge in [-0.25, -0.2) is 0 Å². The fraction of sp³-hybridized carbons (Fsp3) is 0.462. The average Bonchev–Trinajstić information content (AvgIpc) is 3.13. The molecule has 3 rings (SSSR count). The van der Waals surface area contributed by atoms with E-state index in [-0.39, 0.29) is 18.4 Å². The third-order valence-electron chi connectivity index (χ3n) is 6.15. The molecule has 1 aliphatic heterocycles. The van der Waals surface area contributed by atoms with Crippen molar-refractivity contribution in [2.75, 3.05) is 18.1 Å². The SMILES string of the molecule is Cc1cc(Cl)ccc1-c1cccc([C@@H](O)CC[C@H]2CCC(=O)N2CCSCCCC(=O)O)c1. The second kappa shape index (κ2) is 12.4. The van der Waals surface area contributed by atoms with Gasteiger partial charge in [-0.05, 0) is 78.8 Å². The molecular weight excluding hydrogens is 458 g/mol. The molecular formula is C26H32ClNO4S. The van der Waals surface area contributed by atoms with Crippen LogP contribution >= 0.6 is 23.4 Å². The molecule has 178 valence electrons. The normalized spacial score (nSPS) is 16.9. The first-order valence-electron chi connectivity index (χ1n) is 11.5. The minimum Gasteiger partial charge on any atom is -0.481 e. The highest BCUT2D eigenvalue weighted by Gasteiger charge is 2.30. The van der Waals surface area contributed by atoms with Gasteiger partial charge in [-0.2, -0.15) is 11.8 Å². The van der Waals surface area contributed by atoms with Crippen molar-refractivity contribution >= 4 is 35.2 Å². The van der Waals surface area contributed by atoms with Crippen molar-refractivity contribution in [3.05, 3.63) is 58.6 Å². The van der Waals surface area contributed by atoms with E-state index in [0.29, 0.717) is 30.8 Å². The minimum absolute atomic E-state index is 0.161. The number of aryl methyl sites for hydroxylation is 1. The second-order valence-electron chi connectivity index (χ2n) is 8.57. The monoisotopic (exact) mass is 489 g/mol. The summed E-state index contributed by atoms with van der Waals surface area (Å²) in [6, 6.07) is 14.0. The number of amides is 1. The Morgan fingerprint density at radius 3 is 2.82 bits per heavy atom. The molecule has 2 atom stereocenters. The van der Waals surface area contributed by atoms with Crippen LogP contribution in [0.4, 0.5) is 0 Å². The number of carbonyl (C=O) groups excluding carboxylic acids is 1. The van der Waals surface area contributed by atoms with Crippen LogP contribution in [0.1, 0.15) is 55.8 Å². The topological polar surface area (TPSA) is 77.8 Å². The molecule has 33 heavy (non-hydrogen) atoms. The molecule has 0 aromatic heterocycles. The van der Waals surface area contributed by atoms with Crippen LogP contribution in [0.25, 0.3) is 11.1 Å². The Morgan fingerprint density at radius 1 is 1.24 bits per heavy atom. The van der Waals surface area contributed by atoms with E-state index in [0.717, 1.165) is 46.6 Å². The van der Waals surface area contributed by atoms with Gasteiger partial charge in [-0.3, -0.25) is 9.59 Å². The molecule has 0 spiro atoms. The van der Waals surface area contributed by atoms with Crippen molar-refractivity contribution in [2.45, 2.75) is 57.6 Å². The molecule has 0 bridgehead atoms. The molecule has 0 radical (unpaired) electrons. The maximum Gasteiger partial charge on any atom is 0.303 e. The van der Waals surface area contributed by atoms with E-state index in [1.165, 1.54) is 0 Å². The van der Waals surface area contributed by atoms with Gasteiger partial charge in [0, 0.05) is 36.2 Å². The number of likely N-dealkylation sites (tertiary alicyclic amines) is 1. The minimum atomic E-state index is -0.766. The molecule has 2 aromatic carbocycles. The molecule has 1 amide bonds. The van der Waals surface area contributed by atoms with Gasteiger partial charge in [0.15, 0.2) is 0 Å². The Hall–Kier alpha value is -2.02. The predicted octanol–water partition coefficient (Wildman–Crippen LogP) is 5.72. The number of aliphatic carboxylic acids is 1. The number of rotatable bonds is 12. The molecule has 1 aliphatic rings. The lowest BCUT2D eigenvalue weighted by Crippen LogP contribution is -2.35. The largest absolute Gasteiger partial charge is 0.481 e. The van der Waals surface area contributed by atoms with Crippen molar-refractivity contribution in [1.29, 1.82) is 0 Å². The van der Waals surface area contributed by atoms with Gasteiger partial charge in [0.2, 0.25) is 5.91 Å². The molecule has 2 N–H and O–H groups in total. The maximum atomic E-state index is 12.3. The molecule has 0 aliphatic carbocycles. The summed E-state index contributed by atoms with van der Waals surface area (Å²) in [7, 11) is 0. The summed E-state index contributed by atoms with van der Waals surface area (Å²) in [5.41, 5.74) is 4.13. The van der Waals surface area contributed by atoms with E-state index in [9.17, 15) is 14.7 Å². The third-order valence-corrected chi connectivity index (χ3v) is 7.44. The number of thioether (sulfide) groups is 1. The van der Waals surface area contributed by atoms with Crippen LogP contribution in [0, 0.1) is 6.92 Å².